The summed E-state index contributed by atoms with van der Waals surface area (Å²) in [5.74, 6) is -0.184. The van der Waals surface area contributed by atoms with Gasteiger partial charge in [-0.15, -0.1) is 0 Å². The first-order valence-corrected chi connectivity index (χ1v) is 18.9. The Bertz CT molecular complexity index is 2070. The molecule has 0 spiro atoms. The van der Waals surface area contributed by atoms with Gasteiger partial charge in [0.1, 0.15) is 18.5 Å². The van der Waals surface area contributed by atoms with Gasteiger partial charge >= 0.3 is 6.09 Å². The van der Waals surface area contributed by atoms with E-state index in [0.29, 0.717) is 47.4 Å². The molecule has 12 nitrogen and oxygen atoms in total. The molecule has 1 aliphatic carbocycles. The van der Waals surface area contributed by atoms with Crippen LogP contribution < -0.4 is 16.2 Å². The first kappa shape index (κ1) is 44.7. The molecule has 1 aliphatic heterocycles. The Hall–Kier alpha value is -5.66. The predicted octanol–water partition coefficient (Wildman–Crippen LogP) is 6.23. The Morgan fingerprint density at radius 3 is 2.43 bits per heavy atom. The van der Waals surface area contributed by atoms with Gasteiger partial charge in [0.15, 0.2) is 0 Å². The lowest BCUT2D eigenvalue weighted by Crippen LogP contribution is -2.34. The second-order valence-corrected chi connectivity index (χ2v) is 13.4. The molecule has 2 aromatic heterocycles. The van der Waals surface area contributed by atoms with Crippen LogP contribution in [0.3, 0.4) is 0 Å². The fraction of sp³-hybridized carbons (Fsp3) is 0.429. The predicted molar refractivity (Wildman–Crippen MR) is 212 cm³/mol. The second kappa shape index (κ2) is 20.9. The number of carbonyl (C=O) groups is 4. The lowest BCUT2D eigenvalue weighted by atomic mass is 9.85. The summed E-state index contributed by atoms with van der Waals surface area (Å²) in [5, 5.41) is 6.39. The average Bonchev–Trinajstić information content (AvgIpc) is 3.56. The minimum absolute atomic E-state index is 0. The summed E-state index contributed by atoms with van der Waals surface area (Å²) in [6.45, 7) is 12.1. The third-order valence-electron chi connectivity index (χ3n) is 9.77. The van der Waals surface area contributed by atoms with E-state index in [4.69, 9.17) is 14.5 Å². The molecule has 2 atom stereocenters. The molecule has 302 valence electrons. The number of ether oxygens (including phenoxy) is 2. The maximum absolute atomic E-state index is 14.8. The number of halogens is 2. The van der Waals surface area contributed by atoms with Crippen molar-refractivity contribution in [3.05, 3.63) is 97.6 Å². The van der Waals surface area contributed by atoms with Crippen LogP contribution in [0.1, 0.15) is 92.5 Å². The van der Waals surface area contributed by atoms with E-state index in [2.05, 4.69) is 22.8 Å². The normalized spacial score (nSPS) is 12.8. The van der Waals surface area contributed by atoms with E-state index in [1.54, 1.807) is 24.5 Å². The number of nitrogens with one attached hydrogen (secondary N) is 2. The van der Waals surface area contributed by atoms with Gasteiger partial charge in [-0.05, 0) is 74.8 Å². The minimum Gasteiger partial charge on any atom is -0.463 e. The molecule has 56 heavy (non-hydrogen) atoms. The molecule has 0 fully saturated rings. The number of amides is 3. The number of aromatic nitrogens is 2. The maximum Gasteiger partial charge on any atom is 0.410 e. The van der Waals surface area contributed by atoms with Gasteiger partial charge in [-0.3, -0.25) is 23.9 Å². The Morgan fingerprint density at radius 2 is 1.77 bits per heavy atom. The highest BCUT2D eigenvalue weighted by Gasteiger charge is 2.32. The van der Waals surface area contributed by atoms with Crippen LogP contribution in [0.4, 0.5) is 13.9 Å². The number of nitrogens with zero attached hydrogens (tertiary/aromatic N) is 3. The molecule has 4 aromatic rings. The molecule has 2 unspecified atom stereocenters. The van der Waals surface area contributed by atoms with Crippen molar-refractivity contribution < 1.29 is 37.7 Å². The topological polar surface area (TPSA) is 149 Å². The van der Waals surface area contributed by atoms with E-state index < -0.39 is 12.2 Å². The molecule has 6 rings (SSSR count). The largest absolute Gasteiger partial charge is 0.463 e. The lowest BCUT2D eigenvalue weighted by Gasteiger charge is -2.22. The van der Waals surface area contributed by atoms with Crippen LogP contribution in [-0.4, -0.2) is 65.5 Å². The van der Waals surface area contributed by atoms with Crippen molar-refractivity contribution in [3.8, 4) is 11.4 Å². The Balaban J connectivity index is 0.000000418. The molecule has 3 amide bonds. The van der Waals surface area contributed by atoms with Crippen LogP contribution in [0.25, 0.3) is 22.3 Å². The summed E-state index contributed by atoms with van der Waals surface area (Å²) in [6.07, 6.45) is 2.93. The van der Waals surface area contributed by atoms with Gasteiger partial charge in [0.25, 0.3) is 12.0 Å². The second-order valence-electron chi connectivity index (χ2n) is 13.4. The molecule has 2 aromatic carbocycles. The van der Waals surface area contributed by atoms with Gasteiger partial charge in [-0.25, -0.2) is 14.2 Å². The number of pyridine rings is 2. The fourth-order valence-corrected chi connectivity index (χ4v) is 7.03. The van der Waals surface area contributed by atoms with Gasteiger partial charge < -0.3 is 29.6 Å². The summed E-state index contributed by atoms with van der Waals surface area (Å²) < 4.78 is 27.0. The van der Waals surface area contributed by atoms with Crippen molar-refractivity contribution in [1.29, 1.82) is 0 Å². The summed E-state index contributed by atoms with van der Waals surface area (Å²) in [4.78, 5) is 65.1. The van der Waals surface area contributed by atoms with E-state index in [1.165, 1.54) is 23.6 Å². The number of aryl methyl sites for hydroxylation is 2. The van der Waals surface area contributed by atoms with Crippen molar-refractivity contribution in [3.63, 3.8) is 0 Å². The SMILES string of the molecule is CC.CCC(=O)NC(C)Cc1ccccc1.Cc1c(F)cc2nc3c(c4c2c1CCC4)Cn1c-3cc(C(C)OC(=O)N(C)CCNC=O)c(COC=O)c1=O.F. The Labute approximate surface area is 326 Å². The van der Waals surface area contributed by atoms with Gasteiger partial charge in [0.2, 0.25) is 12.3 Å². The van der Waals surface area contributed by atoms with Crippen LogP contribution in [0.2, 0.25) is 0 Å². The maximum atomic E-state index is 14.8. The van der Waals surface area contributed by atoms with Gasteiger partial charge in [-0.2, -0.15) is 0 Å². The third-order valence-corrected chi connectivity index (χ3v) is 9.77. The van der Waals surface area contributed by atoms with Crippen LogP contribution in [0, 0.1) is 12.7 Å². The van der Waals surface area contributed by atoms with Crippen molar-refractivity contribution >= 4 is 35.8 Å². The van der Waals surface area contributed by atoms with Crippen molar-refractivity contribution in [1.82, 2.24) is 25.1 Å². The molecular formula is C42H53F2N5O7. The highest BCUT2D eigenvalue weighted by atomic mass is 19.1. The number of rotatable bonds is 13. The summed E-state index contributed by atoms with van der Waals surface area (Å²) in [6, 6.07) is 13.6. The number of likely N-dealkylation sites (N-methyl/N-ethyl adjacent to an activating group) is 1. The summed E-state index contributed by atoms with van der Waals surface area (Å²) >= 11 is 0. The zero-order chi connectivity index (χ0) is 40.2. The van der Waals surface area contributed by atoms with Crippen LogP contribution in [0.15, 0.2) is 47.3 Å². The zero-order valence-electron chi connectivity index (χ0n) is 33.2. The van der Waals surface area contributed by atoms with Crippen molar-refractivity contribution in [2.75, 3.05) is 20.1 Å². The first-order chi connectivity index (χ1) is 26.5. The monoisotopic (exact) mass is 777 g/mol. The van der Waals surface area contributed by atoms with Gasteiger partial charge in [0, 0.05) is 55.2 Å². The number of benzene rings is 2. The average molecular weight is 778 g/mol. The molecule has 14 heteroatoms. The van der Waals surface area contributed by atoms with E-state index in [1.807, 2.05) is 45.9 Å². The molecule has 0 saturated heterocycles. The van der Waals surface area contributed by atoms with Crippen molar-refractivity contribution in [2.45, 2.75) is 98.9 Å². The smallest absolute Gasteiger partial charge is 0.410 e. The Kier molecular flexibility index (Phi) is 16.7. The van der Waals surface area contributed by atoms with E-state index in [-0.39, 0.29) is 59.8 Å². The van der Waals surface area contributed by atoms with Crippen LogP contribution >= 0.6 is 0 Å². The molecule has 2 N–H and O–H groups in total. The fourth-order valence-electron chi connectivity index (χ4n) is 7.03. The van der Waals surface area contributed by atoms with Crippen molar-refractivity contribution in [2.24, 2.45) is 0 Å². The highest BCUT2D eigenvalue weighted by Crippen LogP contribution is 2.41. The molecule has 0 bridgehead atoms. The molecule has 0 saturated carbocycles. The molecule has 0 radical (unpaired) electrons. The standard InChI is InChI=1S/C28H29FN4O6.C12H17NO.C2H6.FH/c1-15-17-5-4-6-18-20-11-33-24(26(20)31-23(25(17)18)10-22(15)29)9-19(21(27(33)36)12-38-14-35)16(2)39-28(37)32(3)8-7-30-13-34;1-3-12(14)13-10(2)9-11-7-5-4-6-8-11;1-2;/h9-10,13-14,16H,4-8,11-12H2,1-3H3,(H,30,34);4-8,10H,3,9H2,1-2H3,(H,13,14);1-2H3;1H. The van der Waals surface area contributed by atoms with Crippen LogP contribution in [-0.2, 0) is 56.3 Å². The lowest BCUT2D eigenvalue weighted by molar-refractivity contribution is -0.130. The van der Waals surface area contributed by atoms with Gasteiger partial charge in [-0.1, -0.05) is 51.1 Å². The molecule has 3 heterocycles. The van der Waals surface area contributed by atoms with E-state index >= 15 is 0 Å². The Morgan fingerprint density at radius 1 is 1.07 bits per heavy atom. The van der Waals surface area contributed by atoms with Gasteiger partial charge in [0.05, 0.1) is 29.0 Å². The van der Waals surface area contributed by atoms with E-state index in [0.717, 1.165) is 47.8 Å². The molecular weight excluding hydrogens is 724 g/mol. The minimum atomic E-state index is -0.864. The number of hydrogen-bond acceptors (Lipinski definition) is 8. The van der Waals surface area contributed by atoms with E-state index in [9.17, 15) is 28.4 Å². The highest BCUT2D eigenvalue weighted by molar-refractivity contribution is 5.92. The zero-order valence-corrected chi connectivity index (χ0v) is 33.2. The molecule has 2 aliphatic rings. The number of hydrogen-bond donors (Lipinski definition) is 2. The third kappa shape index (κ3) is 10.1. The summed E-state index contributed by atoms with van der Waals surface area (Å²) in [5.41, 5.74) is 6.79. The first-order valence-electron chi connectivity index (χ1n) is 18.9. The number of carbonyl (C=O) groups excluding carboxylic acids is 4. The van der Waals surface area contributed by atoms with Crippen LogP contribution in [0.5, 0.6) is 0 Å². The quantitative estimate of drug-likeness (QED) is 0.106. The summed E-state index contributed by atoms with van der Waals surface area (Å²) in [7, 11) is 1.53. The number of fused-ring (bicyclic) bond motifs is 4.